The van der Waals surface area contributed by atoms with Crippen LogP contribution in [0.15, 0.2) is 24.3 Å². The molecule has 0 spiro atoms. The molecule has 2 N–H and O–H groups in total. The fourth-order valence-corrected chi connectivity index (χ4v) is 2.48. The van der Waals surface area contributed by atoms with Crippen molar-refractivity contribution in [1.29, 1.82) is 0 Å². The SMILES string of the molecule is CCc1ccc(N2C(=O)CC(CN)C2C)cc1. The van der Waals surface area contributed by atoms with E-state index in [4.69, 9.17) is 5.73 Å². The quantitative estimate of drug-likeness (QED) is 0.865. The number of nitrogens with two attached hydrogens (primary N) is 1. The van der Waals surface area contributed by atoms with Crippen molar-refractivity contribution < 1.29 is 4.79 Å². The molecule has 2 atom stereocenters. The lowest BCUT2D eigenvalue weighted by Gasteiger charge is -2.24. The normalized spacial score (nSPS) is 24.4. The molecule has 0 bridgehead atoms. The summed E-state index contributed by atoms with van der Waals surface area (Å²) < 4.78 is 0. The number of rotatable bonds is 3. The molecule has 92 valence electrons. The lowest BCUT2D eigenvalue weighted by molar-refractivity contribution is -0.117. The zero-order chi connectivity index (χ0) is 12.4. The second kappa shape index (κ2) is 4.88. The van der Waals surface area contributed by atoms with Gasteiger partial charge in [0.25, 0.3) is 0 Å². The van der Waals surface area contributed by atoms with Crippen molar-refractivity contribution in [2.24, 2.45) is 11.7 Å². The summed E-state index contributed by atoms with van der Waals surface area (Å²) >= 11 is 0. The summed E-state index contributed by atoms with van der Waals surface area (Å²) in [6, 6.07) is 8.45. The van der Waals surface area contributed by atoms with Crippen LogP contribution in [0, 0.1) is 5.92 Å². The predicted octanol–water partition coefficient (Wildman–Crippen LogP) is 1.95. The Morgan fingerprint density at radius 3 is 2.47 bits per heavy atom. The highest BCUT2D eigenvalue weighted by Crippen LogP contribution is 2.30. The van der Waals surface area contributed by atoms with Gasteiger partial charge in [0.05, 0.1) is 0 Å². The second-order valence-electron chi connectivity index (χ2n) is 4.72. The molecule has 1 saturated heterocycles. The van der Waals surface area contributed by atoms with Gasteiger partial charge in [-0.05, 0) is 37.6 Å². The minimum atomic E-state index is 0.192. The van der Waals surface area contributed by atoms with Crippen molar-refractivity contribution in [2.45, 2.75) is 32.7 Å². The largest absolute Gasteiger partial charge is 0.330 e. The van der Waals surface area contributed by atoms with Crippen LogP contribution in [0.3, 0.4) is 0 Å². The van der Waals surface area contributed by atoms with Gasteiger partial charge < -0.3 is 10.6 Å². The second-order valence-corrected chi connectivity index (χ2v) is 4.72. The lowest BCUT2D eigenvalue weighted by Crippen LogP contribution is -2.34. The maximum Gasteiger partial charge on any atom is 0.227 e. The number of benzene rings is 1. The first-order valence-electron chi connectivity index (χ1n) is 6.28. The van der Waals surface area contributed by atoms with Crippen molar-refractivity contribution in [2.75, 3.05) is 11.4 Å². The van der Waals surface area contributed by atoms with E-state index >= 15 is 0 Å². The Bertz CT molecular complexity index is 399. The van der Waals surface area contributed by atoms with Gasteiger partial charge in [-0.3, -0.25) is 4.79 Å². The molecule has 1 amide bonds. The zero-order valence-electron chi connectivity index (χ0n) is 10.5. The molecule has 17 heavy (non-hydrogen) atoms. The summed E-state index contributed by atoms with van der Waals surface area (Å²) in [5.41, 5.74) is 7.98. The van der Waals surface area contributed by atoms with Crippen LogP contribution < -0.4 is 10.6 Å². The van der Waals surface area contributed by atoms with Gasteiger partial charge in [0.1, 0.15) is 0 Å². The van der Waals surface area contributed by atoms with E-state index in [-0.39, 0.29) is 17.9 Å². The Morgan fingerprint density at radius 2 is 2.00 bits per heavy atom. The smallest absolute Gasteiger partial charge is 0.227 e. The molecule has 0 radical (unpaired) electrons. The van der Waals surface area contributed by atoms with Gasteiger partial charge in [0.15, 0.2) is 0 Å². The van der Waals surface area contributed by atoms with E-state index in [1.165, 1.54) is 5.56 Å². The molecular weight excluding hydrogens is 212 g/mol. The highest BCUT2D eigenvalue weighted by atomic mass is 16.2. The van der Waals surface area contributed by atoms with Crippen molar-refractivity contribution >= 4 is 11.6 Å². The van der Waals surface area contributed by atoms with Crippen LogP contribution in [0.4, 0.5) is 5.69 Å². The molecule has 1 aliphatic rings. The van der Waals surface area contributed by atoms with Crippen LogP contribution in [0.1, 0.15) is 25.8 Å². The number of carbonyl (C=O) groups is 1. The summed E-state index contributed by atoms with van der Waals surface area (Å²) in [5.74, 6) is 0.477. The van der Waals surface area contributed by atoms with Crippen LogP contribution in [0.5, 0.6) is 0 Å². The van der Waals surface area contributed by atoms with Gasteiger partial charge in [-0.25, -0.2) is 0 Å². The van der Waals surface area contributed by atoms with Crippen LogP contribution in [-0.4, -0.2) is 18.5 Å². The van der Waals surface area contributed by atoms with Crippen LogP contribution in [-0.2, 0) is 11.2 Å². The van der Waals surface area contributed by atoms with Crippen LogP contribution in [0.2, 0.25) is 0 Å². The Morgan fingerprint density at radius 1 is 1.35 bits per heavy atom. The number of hydrogen-bond acceptors (Lipinski definition) is 2. The fourth-order valence-electron chi connectivity index (χ4n) is 2.48. The summed E-state index contributed by atoms with van der Waals surface area (Å²) in [7, 11) is 0. The monoisotopic (exact) mass is 232 g/mol. The Labute approximate surface area is 103 Å². The summed E-state index contributed by atoms with van der Waals surface area (Å²) in [5, 5.41) is 0. The molecule has 1 aromatic carbocycles. The van der Waals surface area contributed by atoms with Crippen molar-refractivity contribution in [1.82, 2.24) is 0 Å². The van der Waals surface area contributed by atoms with Crippen LogP contribution in [0.25, 0.3) is 0 Å². The molecule has 1 heterocycles. The molecule has 0 aliphatic carbocycles. The van der Waals surface area contributed by atoms with Gasteiger partial charge in [0.2, 0.25) is 5.91 Å². The van der Waals surface area contributed by atoms with E-state index in [1.807, 2.05) is 17.0 Å². The van der Waals surface area contributed by atoms with E-state index in [1.54, 1.807) is 0 Å². The third-order valence-corrected chi connectivity index (χ3v) is 3.72. The molecule has 1 fully saturated rings. The van der Waals surface area contributed by atoms with Crippen LogP contribution >= 0.6 is 0 Å². The molecule has 3 heteroatoms. The first kappa shape index (κ1) is 12.1. The molecule has 3 nitrogen and oxygen atoms in total. The number of amides is 1. The van der Waals surface area contributed by atoms with Gasteiger partial charge in [-0.1, -0.05) is 19.1 Å². The van der Waals surface area contributed by atoms with E-state index in [0.29, 0.717) is 13.0 Å². The van der Waals surface area contributed by atoms with E-state index in [0.717, 1.165) is 12.1 Å². The van der Waals surface area contributed by atoms with Gasteiger partial charge in [0, 0.05) is 24.1 Å². The zero-order valence-corrected chi connectivity index (χ0v) is 10.5. The summed E-state index contributed by atoms with van der Waals surface area (Å²) in [4.78, 5) is 13.9. The topological polar surface area (TPSA) is 46.3 Å². The average molecular weight is 232 g/mol. The molecule has 1 aliphatic heterocycles. The summed E-state index contributed by atoms with van der Waals surface area (Å²) in [6.07, 6.45) is 1.60. The molecule has 0 saturated carbocycles. The Kier molecular flexibility index (Phi) is 3.48. The maximum atomic E-state index is 12.0. The number of carbonyl (C=O) groups excluding carboxylic acids is 1. The van der Waals surface area contributed by atoms with Gasteiger partial charge >= 0.3 is 0 Å². The van der Waals surface area contributed by atoms with E-state index < -0.39 is 0 Å². The van der Waals surface area contributed by atoms with E-state index in [2.05, 4.69) is 26.0 Å². The Balaban J connectivity index is 2.23. The van der Waals surface area contributed by atoms with Gasteiger partial charge in [-0.15, -0.1) is 0 Å². The molecule has 0 aromatic heterocycles. The molecule has 1 aromatic rings. The van der Waals surface area contributed by atoms with Crippen molar-refractivity contribution in [3.63, 3.8) is 0 Å². The molecule has 2 unspecified atom stereocenters. The maximum absolute atomic E-state index is 12.0. The third-order valence-electron chi connectivity index (χ3n) is 3.72. The number of hydrogen-bond donors (Lipinski definition) is 1. The minimum absolute atomic E-state index is 0.192. The number of anilines is 1. The lowest BCUT2D eigenvalue weighted by atomic mass is 10.0. The summed E-state index contributed by atoms with van der Waals surface area (Å²) in [6.45, 7) is 4.79. The first-order chi connectivity index (χ1) is 8.17. The molecule has 2 rings (SSSR count). The number of aryl methyl sites for hydroxylation is 1. The van der Waals surface area contributed by atoms with Crippen molar-refractivity contribution in [3.8, 4) is 0 Å². The third kappa shape index (κ3) is 2.20. The molecular formula is C14H20N2O. The van der Waals surface area contributed by atoms with Gasteiger partial charge in [-0.2, -0.15) is 0 Å². The highest BCUT2D eigenvalue weighted by molar-refractivity contribution is 5.96. The fraction of sp³-hybridized carbons (Fsp3) is 0.500. The number of nitrogens with zero attached hydrogens (tertiary/aromatic N) is 1. The minimum Gasteiger partial charge on any atom is -0.330 e. The highest BCUT2D eigenvalue weighted by Gasteiger charge is 2.36. The average Bonchev–Trinajstić information content (AvgIpc) is 2.64. The first-order valence-corrected chi connectivity index (χ1v) is 6.28. The predicted molar refractivity (Wildman–Crippen MR) is 69.9 cm³/mol. The van der Waals surface area contributed by atoms with Crippen molar-refractivity contribution in [3.05, 3.63) is 29.8 Å². The van der Waals surface area contributed by atoms with E-state index in [9.17, 15) is 4.79 Å². The standard InChI is InChI=1S/C14H20N2O/c1-3-11-4-6-13(7-5-11)16-10(2)12(9-15)8-14(16)17/h4-7,10,12H,3,8-9,15H2,1-2H3. The Hall–Kier alpha value is -1.35.